The van der Waals surface area contributed by atoms with Crippen LogP contribution in [0.25, 0.3) is 11.5 Å². The number of benzene rings is 1. The minimum Gasteiger partial charge on any atom is -0.366 e. The second-order valence-corrected chi connectivity index (χ2v) is 6.27. The van der Waals surface area contributed by atoms with E-state index >= 15 is 0 Å². The maximum Gasteiger partial charge on any atom is 0.259 e. The number of nitrogens with zero attached hydrogens (tertiary/aromatic N) is 3. The van der Waals surface area contributed by atoms with Crippen LogP contribution in [-0.4, -0.2) is 34.3 Å². The topological polar surface area (TPSA) is 75.9 Å². The van der Waals surface area contributed by atoms with Gasteiger partial charge in [-0.1, -0.05) is 35.5 Å². The summed E-state index contributed by atoms with van der Waals surface area (Å²) in [5.74, 6) is 2.11. The highest BCUT2D eigenvalue weighted by atomic mass is 16.5. The van der Waals surface area contributed by atoms with Gasteiger partial charge < -0.3 is 15.2 Å². The van der Waals surface area contributed by atoms with E-state index in [1.54, 1.807) is 6.20 Å². The lowest BCUT2D eigenvalue weighted by molar-refractivity contribution is 0.422. The molecule has 1 aromatic carbocycles. The summed E-state index contributed by atoms with van der Waals surface area (Å²) < 4.78 is 5.38. The third-order valence-corrected chi connectivity index (χ3v) is 4.37. The third-order valence-electron chi connectivity index (χ3n) is 4.37. The molecule has 1 saturated heterocycles. The van der Waals surface area contributed by atoms with E-state index in [4.69, 9.17) is 4.52 Å². The zero-order valence-electron chi connectivity index (χ0n) is 14.0. The van der Waals surface area contributed by atoms with Gasteiger partial charge in [0.05, 0.1) is 5.56 Å². The Hall–Kier alpha value is -2.73. The molecule has 1 atom stereocenters. The smallest absolute Gasteiger partial charge is 0.259 e. The van der Waals surface area contributed by atoms with Crippen molar-refractivity contribution in [2.45, 2.75) is 25.3 Å². The first-order valence-electron chi connectivity index (χ1n) is 8.67. The zero-order valence-corrected chi connectivity index (χ0v) is 14.0. The van der Waals surface area contributed by atoms with Crippen molar-refractivity contribution in [3.05, 3.63) is 60.0 Å². The number of pyridine rings is 1. The third kappa shape index (κ3) is 4.03. The molecule has 0 amide bonds. The first-order valence-corrected chi connectivity index (χ1v) is 8.67. The maximum atomic E-state index is 5.38. The summed E-state index contributed by atoms with van der Waals surface area (Å²) in [4.78, 5) is 8.94. The van der Waals surface area contributed by atoms with E-state index in [1.165, 1.54) is 5.56 Å². The van der Waals surface area contributed by atoms with Crippen molar-refractivity contribution in [1.29, 1.82) is 0 Å². The molecule has 2 N–H and O–H groups in total. The van der Waals surface area contributed by atoms with E-state index in [0.29, 0.717) is 11.9 Å². The Morgan fingerprint density at radius 2 is 2.04 bits per heavy atom. The lowest BCUT2D eigenvalue weighted by atomic mass is 10.1. The molecule has 0 unspecified atom stereocenters. The quantitative estimate of drug-likeness (QED) is 0.721. The van der Waals surface area contributed by atoms with Crippen LogP contribution in [-0.2, 0) is 12.8 Å². The van der Waals surface area contributed by atoms with E-state index < -0.39 is 0 Å². The summed E-state index contributed by atoms with van der Waals surface area (Å²) in [7, 11) is 0. The van der Waals surface area contributed by atoms with Gasteiger partial charge >= 0.3 is 0 Å². The number of hydrogen-bond donors (Lipinski definition) is 2. The minimum absolute atomic E-state index is 0.450. The largest absolute Gasteiger partial charge is 0.366 e. The van der Waals surface area contributed by atoms with Gasteiger partial charge in [-0.25, -0.2) is 4.98 Å². The highest BCUT2D eigenvalue weighted by molar-refractivity contribution is 5.54. The van der Waals surface area contributed by atoms with Crippen LogP contribution >= 0.6 is 0 Å². The summed E-state index contributed by atoms with van der Waals surface area (Å²) in [5, 5.41) is 10.8. The van der Waals surface area contributed by atoms with Crippen LogP contribution in [0, 0.1) is 0 Å². The molecule has 1 aliphatic rings. The van der Waals surface area contributed by atoms with Gasteiger partial charge in [0.25, 0.3) is 5.89 Å². The number of hydrogen-bond acceptors (Lipinski definition) is 6. The molecule has 0 aliphatic carbocycles. The molecule has 0 spiro atoms. The predicted octanol–water partition coefficient (Wildman–Crippen LogP) is 2.69. The molecule has 3 aromatic rings. The average molecular weight is 335 g/mol. The Morgan fingerprint density at radius 1 is 1.12 bits per heavy atom. The second kappa shape index (κ2) is 7.44. The van der Waals surface area contributed by atoms with E-state index in [0.717, 1.165) is 49.6 Å². The fourth-order valence-electron chi connectivity index (χ4n) is 2.97. The number of nitrogens with one attached hydrogen (secondary N) is 2. The van der Waals surface area contributed by atoms with Gasteiger partial charge in [-0.05, 0) is 37.1 Å². The van der Waals surface area contributed by atoms with Gasteiger partial charge in [-0.3, -0.25) is 0 Å². The fraction of sp³-hybridized carbons (Fsp3) is 0.316. The highest BCUT2D eigenvalue weighted by Gasteiger charge is 2.15. The summed E-state index contributed by atoms with van der Waals surface area (Å²) >= 11 is 0. The van der Waals surface area contributed by atoms with E-state index in [2.05, 4.69) is 37.9 Å². The number of aromatic nitrogens is 3. The Bertz CT molecular complexity index is 794. The lowest BCUT2D eigenvalue weighted by Gasteiger charge is -2.11. The molecule has 0 saturated carbocycles. The van der Waals surface area contributed by atoms with E-state index in [1.807, 2.05) is 30.3 Å². The monoisotopic (exact) mass is 335 g/mol. The van der Waals surface area contributed by atoms with Crippen molar-refractivity contribution in [1.82, 2.24) is 20.4 Å². The number of aryl methyl sites for hydroxylation is 2. The first-order chi connectivity index (χ1) is 12.4. The van der Waals surface area contributed by atoms with E-state index in [-0.39, 0.29) is 0 Å². The molecule has 6 heteroatoms. The van der Waals surface area contributed by atoms with Gasteiger partial charge in [-0.2, -0.15) is 4.98 Å². The maximum absolute atomic E-state index is 5.38. The van der Waals surface area contributed by atoms with Crippen molar-refractivity contribution in [2.24, 2.45) is 0 Å². The van der Waals surface area contributed by atoms with Gasteiger partial charge in [0.1, 0.15) is 5.82 Å². The molecule has 4 rings (SSSR count). The fourth-order valence-corrected chi connectivity index (χ4v) is 2.97. The van der Waals surface area contributed by atoms with Gasteiger partial charge in [-0.15, -0.1) is 0 Å². The minimum atomic E-state index is 0.450. The van der Waals surface area contributed by atoms with Crippen LogP contribution in [0.3, 0.4) is 0 Å². The van der Waals surface area contributed by atoms with Crippen LogP contribution < -0.4 is 10.6 Å². The van der Waals surface area contributed by atoms with Crippen molar-refractivity contribution in [3.63, 3.8) is 0 Å². The van der Waals surface area contributed by atoms with Crippen LogP contribution in [0.1, 0.15) is 17.8 Å². The van der Waals surface area contributed by atoms with Crippen molar-refractivity contribution < 1.29 is 4.52 Å². The molecule has 6 nitrogen and oxygen atoms in total. The normalized spacial score (nSPS) is 16.9. The van der Waals surface area contributed by atoms with Crippen molar-refractivity contribution >= 4 is 5.82 Å². The highest BCUT2D eigenvalue weighted by Crippen LogP contribution is 2.19. The molecule has 25 heavy (non-hydrogen) atoms. The molecular formula is C19H21N5O. The van der Waals surface area contributed by atoms with E-state index in [9.17, 15) is 0 Å². The summed E-state index contributed by atoms with van der Waals surface area (Å²) in [6, 6.07) is 14.7. The summed E-state index contributed by atoms with van der Waals surface area (Å²) in [6.45, 7) is 2.04. The lowest BCUT2D eigenvalue weighted by Crippen LogP contribution is -2.22. The van der Waals surface area contributed by atoms with Crippen molar-refractivity contribution in [2.75, 3.05) is 18.4 Å². The number of anilines is 1. The molecule has 128 valence electrons. The zero-order chi connectivity index (χ0) is 16.9. The molecular weight excluding hydrogens is 314 g/mol. The summed E-state index contributed by atoms with van der Waals surface area (Å²) in [5.41, 5.74) is 2.11. The molecule has 2 aromatic heterocycles. The Balaban J connectivity index is 1.37. The molecule has 0 bridgehead atoms. The second-order valence-electron chi connectivity index (χ2n) is 6.27. The van der Waals surface area contributed by atoms with Crippen LogP contribution in [0.4, 0.5) is 5.82 Å². The van der Waals surface area contributed by atoms with Crippen molar-refractivity contribution in [3.8, 4) is 11.5 Å². The SMILES string of the molecule is c1ccc(CCc2noc(-c3ccc(N[C@H]4CCNC4)nc3)n2)cc1. The average Bonchev–Trinajstić information content (AvgIpc) is 3.34. The van der Waals surface area contributed by atoms with Gasteiger partial charge in [0.15, 0.2) is 5.82 Å². The predicted molar refractivity (Wildman–Crippen MR) is 96.3 cm³/mol. The van der Waals surface area contributed by atoms with Crippen LogP contribution in [0.2, 0.25) is 0 Å². The number of rotatable bonds is 6. The van der Waals surface area contributed by atoms with Crippen LogP contribution in [0.15, 0.2) is 53.2 Å². The molecule has 1 aliphatic heterocycles. The Morgan fingerprint density at radius 3 is 2.80 bits per heavy atom. The Labute approximate surface area is 146 Å². The molecule has 0 radical (unpaired) electrons. The van der Waals surface area contributed by atoms with Gasteiger partial charge in [0.2, 0.25) is 0 Å². The summed E-state index contributed by atoms with van der Waals surface area (Å²) in [6.07, 6.45) is 4.56. The first kappa shape index (κ1) is 15.8. The standard InChI is InChI=1S/C19H21N5O/c1-2-4-14(5-3-1)6-8-18-23-19(25-24-18)15-7-9-17(21-12-15)22-16-10-11-20-13-16/h1-5,7,9,12,16,20H,6,8,10-11,13H2,(H,21,22)/t16-/m0/s1. The van der Waals surface area contributed by atoms with Gasteiger partial charge in [0, 0.05) is 25.2 Å². The molecule has 3 heterocycles. The van der Waals surface area contributed by atoms with Crippen LogP contribution in [0.5, 0.6) is 0 Å². The Kier molecular flexibility index (Phi) is 4.70. The molecule has 1 fully saturated rings.